The number of aliphatic hydroxyl groups excluding tert-OH is 1. The molecule has 1 N–H and O–H groups in total. The van der Waals surface area contributed by atoms with E-state index in [2.05, 4.69) is 10.2 Å². The number of rotatable bonds is 4. The Hall–Kier alpha value is -1.62. The van der Waals surface area contributed by atoms with E-state index < -0.39 is 0 Å². The highest BCUT2D eigenvalue weighted by Crippen LogP contribution is 2.18. The van der Waals surface area contributed by atoms with Gasteiger partial charge in [0, 0.05) is 12.5 Å². The fourth-order valence-electron chi connectivity index (χ4n) is 1.65. The van der Waals surface area contributed by atoms with Gasteiger partial charge in [-0.2, -0.15) is 0 Å². The van der Waals surface area contributed by atoms with Crippen LogP contribution in [0.4, 0.5) is 0 Å². The molecule has 0 radical (unpaired) electrons. The average Bonchev–Trinajstić information content (AvgIpc) is 2.68. The van der Waals surface area contributed by atoms with Gasteiger partial charge in [0.15, 0.2) is 5.65 Å². The average molecular weight is 221 g/mol. The maximum Gasteiger partial charge on any atom is 0.201 e. The summed E-state index contributed by atoms with van der Waals surface area (Å²) in [6.45, 7) is 4.27. The fraction of sp³-hybridized carbons (Fsp3) is 0.455. The first kappa shape index (κ1) is 10.9. The molecule has 0 bridgehead atoms. The monoisotopic (exact) mass is 221 g/mol. The predicted octanol–water partition coefficient (Wildman–Crippen LogP) is 0.971. The first-order valence-corrected chi connectivity index (χ1v) is 5.34. The largest absolute Gasteiger partial charge is 0.476 e. The molecular weight excluding hydrogens is 206 g/mol. The van der Waals surface area contributed by atoms with Gasteiger partial charge in [0.2, 0.25) is 5.88 Å². The third kappa shape index (κ3) is 1.86. The summed E-state index contributed by atoms with van der Waals surface area (Å²) in [5.41, 5.74) is 1.85. The second kappa shape index (κ2) is 4.49. The number of ether oxygens (including phenoxy) is 1. The number of aromatic nitrogens is 3. The molecule has 16 heavy (non-hydrogen) atoms. The van der Waals surface area contributed by atoms with Crippen LogP contribution in [0.5, 0.6) is 5.88 Å². The van der Waals surface area contributed by atoms with Gasteiger partial charge in [0.25, 0.3) is 0 Å². The van der Waals surface area contributed by atoms with Gasteiger partial charge in [-0.25, -0.2) is 4.40 Å². The van der Waals surface area contributed by atoms with Gasteiger partial charge in [-0.3, -0.25) is 0 Å². The molecule has 2 aromatic rings. The third-order valence-corrected chi connectivity index (χ3v) is 2.34. The first-order chi connectivity index (χ1) is 7.76. The van der Waals surface area contributed by atoms with Gasteiger partial charge < -0.3 is 9.84 Å². The minimum atomic E-state index is -0.000973. The quantitative estimate of drug-likeness (QED) is 0.835. The van der Waals surface area contributed by atoms with Crippen LogP contribution in [0.15, 0.2) is 12.1 Å². The van der Waals surface area contributed by atoms with Crippen LogP contribution in [0.1, 0.15) is 18.3 Å². The molecule has 0 fully saturated rings. The van der Waals surface area contributed by atoms with Crippen molar-refractivity contribution in [2.24, 2.45) is 0 Å². The van der Waals surface area contributed by atoms with Gasteiger partial charge in [0.1, 0.15) is 12.4 Å². The van der Waals surface area contributed by atoms with Crippen molar-refractivity contribution in [1.82, 2.24) is 14.6 Å². The first-order valence-electron chi connectivity index (χ1n) is 5.34. The van der Waals surface area contributed by atoms with Crippen molar-refractivity contribution in [3.63, 3.8) is 0 Å². The molecule has 0 aliphatic heterocycles. The van der Waals surface area contributed by atoms with Gasteiger partial charge >= 0.3 is 0 Å². The summed E-state index contributed by atoms with van der Waals surface area (Å²) in [5.74, 6) is 1.55. The Morgan fingerprint density at radius 3 is 2.88 bits per heavy atom. The molecule has 2 heterocycles. The molecule has 0 aromatic carbocycles. The molecular formula is C11H15N3O2. The minimum Gasteiger partial charge on any atom is -0.476 e. The van der Waals surface area contributed by atoms with E-state index >= 15 is 0 Å². The standard InChI is InChI=1S/C11H15N3O2/c1-3-9-12-13-10-6-8(2)7-11(14(9)10)16-5-4-15/h6-7,15H,3-5H2,1-2H3. The highest BCUT2D eigenvalue weighted by Gasteiger charge is 2.09. The summed E-state index contributed by atoms with van der Waals surface area (Å²) in [6.07, 6.45) is 0.791. The summed E-state index contributed by atoms with van der Waals surface area (Å²) < 4.78 is 7.36. The van der Waals surface area contributed by atoms with Crippen LogP contribution in [-0.4, -0.2) is 32.9 Å². The van der Waals surface area contributed by atoms with E-state index in [1.807, 2.05) is 30.4 Å². The summed E-state index contributed by atoms with van der Waals surface area (Å²) >= 11 is 0. The van der Waals surface area contributed by atoms with Crippen LogP contribution in [0.2, 0.25) is 0 Å². The number of fused-ring (bicyclic) bond motifs is 1. The summed E-state index contributed by atoms with van der Waals surface area (Å²) in [6, 6.07) is 3.88. The molecule has 2 aromatic heterocycles. The van der Waals surface area contributed by atoms with Crippen molar-refractivity contribution in [2.45, 2.75) is 20.3 Å². The summed E-state index contributed by atoms with van der Waals surface area (Å²) in [4.78, 5) is 0. The molecule has 5 heteroatoms. The van der Waals surface area contributed by atoms with Gasteiger partial charge in [-0.05, 0) is 18.6 Å². The van der Waals surface area contributed by atoms with E-state index in [-0.39, 0.29) is 13.2 Å². The number of hydrogen-bond acceptors (Lipinski definition) is 4. The highest BCUT2D eigenvalue weighted by atomic mass is 16.5. The smallest absolute Gasteiger partial charge is 0.201 e. The molecule has 2 rings (SSSR count). The van der Waals surface area contributed by atoms with E-state index in [0.717, 1.165) is 23.5 Å². The van der Waals surface area contributed by atoms with E-state index in [0.29, 0.717) is 5.88 Å². The second-order valence-electron chi connectivity index (χ2n) is 3.61. The normalized spacial score (nSPS) is 10.9. The Labute approximate surface area is 93.7 Å². The van der Waals surface area contributed by atoms with Gasteiger partial charge in [-0.15, -0.1) is 10.2 Å². The molecule has 0 amide bonds. The fourth-order valence-corrected chi connectivity index (χ4v) is 1.65. The molecule has 0 spiro atoms. The summed E-state index contributed by atoms with van der Waals surface area (Å²) in [7, 11) is 0. The Morgan fingerprint density at radius 2 is 2.19 bits per heavy atom. The Bertz CT molecular complexity index is 493. The zero-order valence-corrected chi connectivity index (χ0v) is 9.47. The Balaban J connectivity index is 2.54. The maximum atomic E-state index is 8.78. The second-order valence-corrected chi connectivity index (χ2v) is 3.61. The van der Waals surface area contributed by atoms with Crippen molar-refractivity contribution in [2.75, 3.05) is 13.2 Å². The van der Waals surface area contributed by atoms with Crippen LogP contribution in [-0.2, 0) is 6.42 Å². The topological polar surface area (TPSA) is 59.7 Å². The Morgan fingerprint density at radius 1 is 1.38 bits per heavy atom. The lowest BCUT2D eigenvalue weighted by Crippen LogP contribution is -2.07. The van der Waals surface area contributed by atoms with E-state index in [1.165, 1.54) is 0 Å². The molecule has 0 aliphatic rings. The third-order valence-electron chi connectivity index (χ3n) is 2.34. The Kier molecular flexibility index (Phi) is 3.05. The molecule has 0 atom stereocenters. The molecule has 0 unspecified atom stereocenters. The zero-order valence-electron chi connectivity index (χ0n) is 9.47. The number of nitrogens with zero attached hydrogens (tertiary/aromatic N) is 3. The van der Waals surface area contributed by atoms with Crippen molar-refractivity contribution < 1.29 is 9.84 Å². The predicted molar refractivity (Wildman–Crippen MR) is 59.7 cm³/mol. The van der Waals surface area contributed by atoms with Crippen molar-refractivity contribution in [3.8, 4) is 5.88 Å². The minimum absolute atomic E-state index is 0.000973. The lowest BCUT2D eigenvalue weighted by Gasteiger charge is -2.09. The SMILES string of the molecule is CCc1nnc2cc(C)cc(OCCO)n12. The van der Waals surface area contributed by atoms with Crippen molar-refractivity contribution in [3.05, 3.63) is 23.5 Å². The van der Waals surface area contributed by atoms with Crippen molar-refractivity contribution >= 4 is 5.65 Å². The van der Waals surface area contributed by atoms with Gasteiger partial charge in [-0.1, -0.05) is 6.92 Å². The van der Waals surface area contributed by atoms with E-state index in [4.69, 9.17) is 9.84 Å². The molecule has 86 valence electrons. The van der Waals surface area contributed by atoms with E-state index in [1.54, 1.807) is 0 Å². The lowest BCUT2D eigenvalue weighted by atomic mass is 10.3. The molecule has 0 saturated heterocycles. The van der Waals surface area contributed by atoms with E-state index in [9.17, 15) is 0 Å². The van der Waals surface area contributed by atoms with Crippen LogP contribution in [0, 0.1) is 6.92 Å². The zero-order chi connectivity index (χ0) is 11.5. The van der Waals surface area contributed by atoms with Crippen LogP contribution in [0.3, 0.4) is 0 Å². The molecule has 0 aliphatic carbocycles. The molecule has 0 saturated carbocycles. The lowest BCUT2D eigenvalue weighted by molar-refractivity contribution is 0.195. The molecule has 5 nitrogen and oxygen atoms in total. The highest BCUT2D eigenvalue weighted by molar-refractivity contribution is 5.45. The maximum absolute atomic E-state index is 8.78. The number of aliphatic hydroxyl groups is 1. The number of aryl methyl sites for hydroxylation is 2. The van der Waals surface area contributed by atoms with Gasteiger partial charge in [0.05, 0.1) is 6.61 Å². The number of pyridine rings is 1. The number of hydrogen-bond donors (Lipinski definition) is 1. The van der Waals surface area contributed by atoms with Crippen LogP contribution < -0.4 is 4.74 Å². The van der Waals surface area contributed by atoms with Crippen LogP contribution in [0.25, 0.3) is 5.65 Å². The van der Waals surface area contributed by atoms with Crippen LogP contribution >= 0.6 is 0 Å². The van der Waals surface area contributed by atoms with Crippen molar-refractivity contribution in [1.29, 1.82) is 0 Å². The summed E-state index contributed by atoms with van der Waals surface area (Å²) in [5, 5.41) is 17.0.